The van der Waals surface area contributed by atoms with Crippen molar-refractivity contribution in [3.8, 4) is 0 Å². The molecule has 4 heteroatoms. The lowest BCUT2D eigenvalue weighted by molar-refractivity contribution is -0.137. The summed E-state index contributed by atoms with van der Waals surface area (Å²) in [6.45, 7) is 3.01. The number of benzene rings is 1. The van der Waals surface area contributed by atoms with E-state index in [0.29, 0.717) is 12.3 Å². The first-order chi connectivity index (χ1) is 13.6. The van der Waals surface area contributed by atoms with Gasteiger partial charge in [-0.15, -0.1) is 0 Å². The molecule has 1 aliphatic rings. The van der Waals surface area contributed by atoms with Gasteiger partial charge in [0.1, 0.15) is 0 Å². The molecule has 4 nitrogen and oxygen atoms in total. The zero-order chi connectivity index (χ0) is 20.2. The largest absolute Gasteiger partial charge is 0.481 e. The molecule has 0 radical (unpaired) electrons. The van der Waals surface area contributed by atoms with E-state index >= 15 is 0 Å². The van der Waals surface area contributed by atoms with E-state index in [1.54, 1.807) is 0 Å². The van der Waals surface area contributed by atoms with Crippen molar-refractivity contribution in [2.45, 2.75) is 77.2 Å². The normalized spacial score (nSPS) is 18.1. The summed E-state index contributed by atoms with van der Waals surface area (Å²) in [4.78, 5) is 24.9. The highest BCUT2D eigenvalue weighted by atomic mass is 16.4. The molecule has 0 bridgehead atoms. The third-order valence-electron chi connectivity index (χ3n) is 5.52. The summed E-state index contributed by atoms with van der Waals surface area (Å²) in [5.74, 6) is 0.0494. The molecule has 0 saturated carbocycles. The maximum absolute atomic E-state index is 12.3. The molecule has 1 aromatic carbocycles. The highest BCUT2D eigenvalue weighted by Crippen LogP contribution is 2.23. The Labute approximate surface area is 169 Å². The molecule has 28 heavy (non-hydrogen) atoms. The number of carbonyl (C=O) groups is 2. The molecule has 154 valence electrons. The molecular weight excluding hydrogens is 350 g/mol. The lowest BCUT2D eigenvalue weighted by Crippen LogP contribution is -2.32. The fraction of sp³-hybridized carbons (Fsp3) is 0.583. The summed E-state index contributed by atoms with van der Waals surface area (Å²) in [5, 5.41) is 8.69. The van der Waals surface area contributed by atoms with E-state index < -0.39 is 5.97 Å². The SMILES string of the molecule is CCCC(/C=C/[C@H]1CCC(=O)N1CCCCCCC(=O)O)Cc1ccccc1. The van der Waals surface area contributed by atoms with Crippen LogP contribution in [0.1, 0.15) is 70.3 Å². The second-order valence-corrected chi connectivity index (χ2v) is 7.87. The van der Waals surface area contributed by atoms with E-state index in [1.165, 1.54) is 5.56 Å². The predicted molar refractivity (Wildman–Crippen MR) is 113 cm³/mol. The smallest absolute Gasteiger partial charge is 0.303 e. The Morgan fingerprint density at radius 2 is 1.96 bits per heavy atom. The highest BCUT2D eigenvalue weighted by Gasteiger charge is 2.28. The number of carbonyl (C=O) groups excluding carboxylic acids is 1. The zero-order valence-electron chi connectivity index (χ0n) is 17.2. The van der Waals surface area contributed by atoms with Crippen LogP contribution in [0.3, 0.4) is 0 Å². The van der Waals surface area contributed by atoms with E-state index in [-0.39, 0.29) is 18.4 Å². The summed E-state index contributed by atoms with van der Waals surface area (Å²) in [6.07, 6.45) is 13.4. The molecule has 0 aliphatic carbocycles. The van der Waals surface area contributed by atoms with Crippen molar-refractivity contribution in [2.75, 3.05) is 6.54 Å². The van der Waals surface area contributed by atoms with Crippen LogP contribution in [-0.2, 0) is 16.0 Å². The lowest BCUT2D eigenvalue weighted by Gasteiger charge is -2.23. The molecule has 0 spiro atoms. The molecule has 0 aromatic heterocycles. The van der Waals surface area contributed by atoms with Crippen molar-refractivity contribution in [3.63, 3.8) is 0 Å². The number of hydrogen-bond donors (Lipinski definition) is 1. The van der Waals surface area contributed by atoms with E-state index in [2.05, 4.69) is 49.4 Å². The minimum absolute atomic E-state index is 0.224. The molecule has 1 N–H and O–H groups in total. The van der Waals surface area contributed by atoms with Crippen LogP contribution >= 0.6 is 0 Å². The van der Waals surface area contributed by atoms with Crippen LogP contribution in [0.15, 0.2) is 42.5 Å². The highest BCUT2D eigenvalue weighted by molar-refractivity contribution is 5.79. The standard InChI is InChI=1S/C24H35NO3/c1-2-10-20(19-21-11-6-5-7-12-21)14-15-22-16-17-23(26)25(22)18-9-4-3-8-13-24(27)28/h5-7,11-12,14-15,20,22H,2-4,8-10,13,16-19H2,1H3,(H,27,28)/b15-14+/t20?,22-/m0/s1. The molecule has 1 aliphatic heterocycles. The number of unbranched alkanes of at least 4 members (excludes halogenated alkanes) is 3. The lowest BCUT2D eigenvalue weighted by atomic mass is 9.94. The Morgan fingerprint density at radius 3 is 2.68 bits per heavy atom. The van der Waals surface area contributed by atoms with Gasteiger partial charge in [-0.3, -0.25) is 9.59 Å². The monoisotopic (exact) mass is 385 g/mol. The molecule has 1 aromatic rings. The van der Waals surface area contributed by atoms with Crippen LogP contribution in [0.25, 0.3) is 0 Å². The third-order valence-corrected chi connectivity index (χ3v) is 5.52. The minimum atomic E-state index is -0.725. The van der Waals surface area contributed by atoms with E-state index in [1.807, 2.05) is 4.90 Å². The molecule has 1 heterocycles. The van der Waals surface area contributed by atoms with Crippen LogP contribution < -0.4 is 0 Å². The first-order valence-corrected chi connectivity index (χ1v) is 10.8. The van der Waals surface area contributed by atoms with Gasteiger partial charge in [0, 0.05) is 19.4 Å². The van der Waals surface area contributed by atoms with Crippen LogP contribution in [0.4, 0.5) is 0 Å². The maximum Gasteiger partial charge on any atom is 0.303 e. The number of hydrogen-bond acceptors (Lipinski definition) is 2. The Bertz CT molecular complexity index is 626. The number of aliphatic carboxylic acids is 1. The van der Waals surface area contributed by atoms with Gasteiger partial charge in [0.05, 0.1) is 6.04 Å². The van der Waals surface area contributed by atoms with Crippen LogP contribution in [0.5, 0.6) is 0 Å². The maximum atomic E-state index is 12.3. The fourth-order valence-corrected chi connectivity index (χ4v) is 4.00. The van der Waals surface area contributed by atoms with Crippen molar-refractivity contribution in [1.82, 2.24) is 4.90 Å². The van der Waals surface area contributed by atoms with Crippen LogP contribution in [-0.4, -0.2) is 34.5 Å². The second kappa shape index (κ2) is 12.4. The van der Waals surface area contributed by atoms with Gasteiger partial charge < -0.3 is 10.0 Å². The first-order valence-electron chi connectivity index (χ1n) is 10.8. The summed E-state index contributed by atoms with van der Waals surface area (Å²) in [6, 6.07) is 10.8. The van der Waals surface area contributed by atoms with Gasteiger partial charge in [-0.05, 0) is 43.6 Å². The summed E-state index contributed by atoms with van der Waals surface area (Å²) in [7, 11) is 0. The number of allylic oxidation sites excluding steroid dienone is 1. The number of likely N-dealkylation sites (tertiary alicyclic amines) is 1. The Kier molecular flexibility index (Phi) is 9.81. The molecule has 2 rings (SSSR count). The quantitative estimate of drug-likeness (QED) is 0.374. The minimum Gasteiger partial charge on any atom is -0.481 e. The molecule has 1 amide bonds. The van der Waals surface area contributed by atoms with Gasteiger partial charge in [0.15, 0.2) is 0 Å². The van der Waals surface area contributed by atoms with Crippen molar-refractivity contribution in [2.24, 2.45) is 5.92 Å². The van der Waals surface area contributed by atoms with Crippen molar-refractivity contribution >= 4 is 11.9 Å². The van der Waals surface area contributed by atoms with Gasteiger partial charge in [-0.2, -0.15) is 0 Å². The van der Waals surface area contributed by atoms with Crippen molar-refractivity contribution in [3.05, 3.63) is 48.0 Å². The number of rotatable bonds is 13. The number of nitrogens with zero attached hydrogens (tertiary/aromatic N) is 1. The molecular formula is C24H35NO3. The Morgan fingerprint density at radius 1 is 1.21 bits per heavy atom. The first kappa shape index (κ1) is 22.2. The summed E-state index contributed by atoms with van der Waals surface area (Å²) >= 11 is 0. The molecule has 2 atom stereocenters. The fourth-order valence-electron chi connectivity index (χ4n) is 4.00. The van der Waals surface area contributed by atoms with Gasteiger partial charge in [0.2, 0.25) is 5.91 Å². The Hall–Kier alpha value is -2.10. The van der Waals surface area contributed by atoms with Gasteiger partial charge >= 0.3 is 5.97 Å². The van der Waals surface area contributed by atoms with Gasteiger partial charge in [0.25, 0.3) is 0 Å². The Balaban J connectivity index is 1.83. The van der Waals surface area contributed by atoms with E-state index in [0.717, 1.165) is 57.9 Å². The number of carboxylic acid groups (broad SMARTS) is 1. The van der Waals surface area contributed by atoms with Crippen molar-refractivity contribution < 1.29 is 14.7 Å². The van der Waals surface area contributed by atoms with E-state index in [9.17, 15) is 9.59 Å². The van der Waals surface area contributed by atoms with Crippen LogP contribution in [0, 0.1) is 5.92 Å². The number of amides is 1. The van der Waals surface area contributed by atoms with Gasteiger partial charge in [-0.1, -0.05) is 68.7 Å². The number of carboxylic acids is 1. The average Bonchev–Trinajstić information content (AvgIpc) is 3.03. The molecule has 1 saturated heterocycles. The van der Waals surface area contributed by atoms with Gasteiger partial charge in [-0.25, -0.2) is 0 Å². The topological polar surface area (TPSA) is 57.6 Å². The summed E-state index contributed by atoms with van der Waals surface area (Å²) < 4.78 is 0. The summed E-state index contributed by atoms with van der Waals surface area (Å²) in [5.41, 5.74) is 1.37. The molecule has 1 fully saturated rings. The van der Waals surface area contributed by atoms with Crippen LogP contribution in [0.2, 0.25) is 0 Å². The van der Waals surface area contributed by atoms with Crippen molar-refractivity contribution in [1.29, 1.82) is 0 Å². The third kappa shape index (κ3) is 7.87. The predicted octanol–water partition coefficient (Wildman–Crippen LogP) is 5.23. The van der Waals surface area contributed by atoms with E-state index in [4.69, 9.17) is 5.11 Å². The second-order valence-electron chi connectivity index (χ2n) is 7.87. The average molecular weight is 386 g/mol. The molecule has 1 unspecified atom stereocenters. The zero-order valence-corrected chi connectivity index (χ0v) is 17.2.